The lowest BCUT2D eigenvalue weighted by Gasteiger charge is -2.40. The predicted molar refractivity (Wildman–Crippen MR) is 121 cm³/mol. The van der Waals surface area contributed by atoms with Crippen molar-refractivity contribution >= 4 is 16.0 Å². The fraction of sp³-hybridized carbons (Fsp3) is 0.545. The van der Waals surface area contributed by atoms with Gasteiger partial charge in [-0.25, -0.2) is 31.6 Å². The fourth-order valence-electron chi connectivity index (χ4n) is 4.36. The van der Waals surface area contributed by atoms with Gasteiger partial charge in [0.05, 0.1) is 12.2 Å². The van der Waals surface area contributed by atoms with Crippen molar-refractivity contribution in [3.8, 4) is 11.9 Å². The van der Waals surface area contributed by atoms with Crippen molar-refractivity contribution in [2.45, 2.75) is 67.5 Å². The van der Waals surface area contributed by atoms with Crippen LogP contribution in [0.1, 0.15) is 38.2 Å². The van der Waals surface area contributed by atoms with E-state index in [0.29, 0.717) is 0 Å². The molecule has 36 heavy (non-hydrogen) atoms. The molecule has 3 unspecified atom stereocenters. The number of hydrogen-bond acceptors (Lipinski definition) is 9. The Labute approximate surface area is 206 Å². The lowest BCUT2D eigenvalue weighted by Crippen LogP contribution is -2.51. The molecule has 10 nitrogen and oxygen atoms in total. The Kier molecular flexibility index (Phi) is 7.09. The largest absolute Gasteiger partial charge is 0.470 e. The van der Waals surface area contributed by atoms with Gasteiger partial charge in [0.2, 0.25) is 11.8 Å². The molecule has 0 bridgehead atoms. The first-order valence-corrected chi connectivity index (χ1v) is 12.7. The summed E-state index contributed by atoms with van der Waals surface area (Å²) in [5.41, 5.74) is -1.94. The van der Waals surface area contributed by atoms with Crippen LogP contribution in [0.4, 0.5) is 19.1 Å². The number of nitrogens with one attached hydrogen (secondary N) is 1. The Bertz CT molecular complexity index is 1240. The minimum Gasteiger partial charge on any atom is -0.470 e. The number of sulfonamides is 1. The van der Waals surface area contributed by atoms with E-state index in [1.54, 1.807) is 6.07 Å². The first-order valence-electron chi connectivity index (χ1n) is 11.3. The average Bonchev–Trinajstić information content (AvgIpc) is 2.82. The smallest absolute Gasteiger partial charge is 0.260 e. The molecular formula is C22H25F3N6O4S. The van der Waals surface area contributed by atoms with Gasteiger partial charge in [0.1, 0.15) is 29.5 Å². The van der Waals surface area contributed by atoms with Gasteiger partial charge in [-0.1, -0.05) is 6.07 Å². The number of aromatic nitrogens is 3. The van der Waals surface area contributed by atoms with Gasteiger partial charge < -0.3 is 15.2 Å². The Morgan fingerprint density at radius 1 is 1.31 bits per heavy atom. The summed E-state index contributed by atoms with van der Waals surface area (Å²) in [6.45, 7) is 0.850. The maximum Gasteiger partial charge on any atom is 0.260 e. The summed E-state index contributed by atoms with van der Waals surface area (Å²) < 4.78 is 74.6. The van der Waals surface area contributed by atoms with Gasteiger partial charge in [-0.05, 0) is 31.9 Å². The molecule has 4 atom stereocenters. The topological polar surface area (TPSA) is 141 Å². The second-order valence-corrected chi connectivity index (χ2v) is 11.0. The Balaban J connectivity index is 1.45. The minimum absolute atomic E-state index is 0.0236. The van der Waals surface area contributed by atoms with Gasteiger partial charge in [0.15, 0.2) is 5.03 Å². The lowest BCUT2D eigenvalue weighted by molar-refractivity contribution is -0.162. The standard InChI is InChI=1S/C22H25F3N6O4S/c1-21(32)13-22(24,25)7-5-17(21)35-19-14(10-26)11-28-20(30-19)29-16-6-9-31(12-15(16)23)36(33,34)18-4-2-3-8-27-18/h2-4,8,11,15-17,32H,5-7,9,12-13H2,1H3,(H,28,29,30)/t15-,16?,17?,21?/m0/s1. The summed E-state index contributed by atoms with van der Waals surface area (Å²) in [4.78, 5) is 11.9. The maximum atomic E-state index is 15.0. The van der Waals surface area contributed by atoms with Gasteiger partial charge in [-0.15, -0.1) is 0 Å². The van der Waals surface area contributed by atoms with Crippen molar-refractivity contribution in [1.29, 1.82) is 5.26 Å². The average molecular weight is 527 g/mol. The number of hydrogen-bond donors (Lipinski definition) is 2. The van der Waals surface area contributed by atoms with Crippen LogP contribution in [0.15, 0.2) is 35.6 Å². The van der Waals surface area contributed by atoms with Crippen molar-refractivity contribution in [2.75, 3.05) is 18.4 Å². The molecule has 0 radical (unpaired) electrons. The van der Waals surface area contributed by atoms with Crippen LogP contribution in [0, 0.1) is 11.3 Å². The molecule has 194 valence electrons. The molecular weight excluding hydrogens is 501 g/mol. The monoisotopic (exact) mass is 526 g/mol. The van der Waals surface area contributed by atoms with E-state index in [0.717, 1.165) is 10.5 Å². The number of nitrogens with zero attached hydrogens (tertiary/aromatic N) is 5. The van der Waals surface area contributed by atoms with Crippen LogP contribution in [0.25, 0.3) is 0 Å². The highest BCUT2D eigenvalue weighted by molar-refractivity contribution is 7.89. The highest BCUT2D eigenvalue weighted by Gasteiger charge is 2.49. The molecule has 2 N–H and O–H groups in total. The van der Waals surface area contributed by atoms with Gasteiger partial charge in [0.25, 0.3) is 15.9 Å². The van der Waals surface area contributed by atoms with E-state index in [1.165, 1.54) is 25.3 Å². The first-order chi connectivity index (χ1) is 16.9. The molecule has 0 spiro atoms. The molecule has 1 saturated carbocycles. The summed E-state index contributed by atoms with van der Waals surface area (Å²) in [5.74, 6) is -3.34. The predicted octanol–water partition coefficient (Wildman–Crippen LogP) is 2.27. The summed E-state index contributed by atoms with van der Waals surface area (Å²) in [6.07, 6.45) is -1.52. The number of ether oxygens (including phenoxy) is 1. The van der Waals surface area contributed by atoms with E-state index in [-0.39, 0.29) is 41.8 Å². The van der Waals surface area contributed by atoms with Crippen molar-refractivity contribution in [3.05, 3.63) is 36.2 Å². The zero-order valence-electron chi connectivity index (χ0n) is 19.3. The third-order valence-corrected chi connectivity index (χ3v) is 8.05. The summed E-state index contributed by atoms with van der Waals surface area (Å²) in [6, 6.07) is 5.45. The molecule has 2 fully saturated rings. The molecule has 1 saturated heterocycles. The summed E-state index contributed by atoms with van der Waals surface area (Å²) in [7, 11) is -3.95. The molecule has 0 amide bonds. The maximum absolute atomic E-state index is 15.0. The summed E-state index contributed by atoms with van der Waals surface area (Å²) >= 11 is 0. The second-order valence-electron chi connectivity index (χ2n) is 9.15. The molecule has 1 aliphatic carbocycles. The minimum atomic E-state index is -3.95. The van der Waals surface area contributed by atoms with Crippen LogP contribution in [-0.4, -0.2) is 75.7 Å². The molecule has 3 heterocycles. The normalized spacial score (nSPS) is 28.7. The quantitative estimate of drug-likeness (QED) is 0.580. The first kappa shape index (κ1) is 26.1. The highest BCUT2D eigenvalue weighted by Crippen LogP contribution is 2.41. The Morgan fingerprint density at radius 2 is 2.08 bits per heavy atom. The van der Waals surface area contributed by atoms with Gasteiger partial charge >= 0.3 is 0 Å². The van der Waals surface area contributed by atoms with Crippen molar-refractivity contribution < 1.29 is 31.4 Å². The number of nitriles is 1. The molecule has 2 aliphatic rings. The molecule has 1 aliphatic heterocycles. The number of alkyl halides is 3. The Hall–Kier alpha value is -3.02. The third-order valence-electron chi connectivity index (χ3n) is 6.27. The molecule has 14 heteroatoms. The molecule has 4 rings (SSSR count). The number of anilines is 1. The number of piperidine rings is 1. The van der Waals surface area contributed by atoms with Crippen LogP contribution in [-0.2, 0) is 10.0 Å². The number of rotatable bonds is 6. The highest BCUT2D eigenvalue weighted by atomic mass is 32.2. The third kappa shape index (κ3) is 5.53. The SMILES string of the molecule is CC1(O)CC(F)(F)CCC1Oc1nc(NC2CCN(S(=O)(=O)c3ccccn3)C[C@@H]2F)ncc1C#N. The van der Waals surface area contributed by atoms with Crippen LogP contribution < -0.4 is 10.1 Å². The Morgan fingerprint density at radius 3 is 2.72 bits per heavy atom. The van der Waals surface area contributed by atoms with Crippen LogP contribution in [0.5, 0.6) is 5.88 Å². The van der Waals surface area contributed by atoms with E-state index < -0.39 is 59.3 Å². The van der Waals surface area contributed by atoms with Crippen LogP contribution >= 0.6 is 0 Å². The van der Waals surface area contributed by atoms with Gasteiger partial charge in [0, 0.05) is 32.1 Å². The van der Waals surface area contributed by atoms with E-state index in [9.17, 15) is 32.0 Å². The van der Waals surface area contributed by atoms with E-state index >= 15 is 0 Å². The van der Waals surface area contributed by atoms with Gasteiger partial charge in [-0.2, -0.15) is 14.6 Å². The van der Waals surface area contributed by atoms with Crippen molar-refractivity contribution in [1.82, 2.24) is 19.3 Å². The van der Waals surface area contributed by atoms with Gasteiger partial charge in [-0.3, -0.25) is 0 Å². The zero-order valence-corrected chi connectivity index (χ0v) is 20.1. The molecule has 0 aromatic carbocycles. The number of pyridine rings is 1. The molecule has 2 aromatic rings. The van der Waals surface area contributed by atoms with Crippen LogP contribution in [0.3, 0.4) is 0 Å². The zero-order chi connectivity index (χ0) is 26.1. The lowest BCUT2D eigenvalue weighted by atomic mass is 9.81. The molecule has 2 aromatic heterocycles. The van der Waals surface area contributed by atoms with E-state index in [1.807, 2.05) is 6.07 Å². The summed E-state index contributed by atoms with van der Waals surface area (Å²) in [5, 5.41) is 22.5. The van der Waals surface area contributed by atoms with E-state index in [2.05, 4.69) is 20.3 Å². The van der Waals surface area contributed by atoms with E-state index in [4.69, 9.17) is 4.74 Å². The second kappa shape index (κ2) is 9.79. The fourth-order valence-corrected chi connectivity index (χ4v) is 5.75. The van der Waals surface area contributed by atoms with Crippen LogP contribution in [0.2, 0.25) is 0 Å². The van der Waals surface area contributed by atoms with Crippen molar-refractivity contribution in [2.24, 2.45) is 0 Å². The number of halogens is 3. The van der Waals surface area contributed by atoms with Crippen molar-refractivity contribution in [3.63, 3.8) is 0 Å². The number of aliphatic hydroxyl groups is 1.